The first-order chi connectivity index (χ1) is 8.42. The van der Waals surface area contributed by atoms with Crippen molar-refractivity contribution in [3.63, 3.8) is 0 Å². The number of likely N-dealkylation sites (N-methyl/N-ethyl adjacent to an activating group) is 1. The highest BCUT2D eigenvalue weighted by Gasteiger charge is 2.17. The molecule has 0 radical (unpaired) electrons. The maximum Gasteiger partial charge on any atom is 0.407 e. The lowest BCUT2D eigenvalue weighted by atomic mass is 10.1. The zero-order valence-corrected chi connectivity index (χ0v) is 11.4. The fourth-order valence-corrected chi connectivity index (χ4v) is 1.47. The number of nitrogens with zero attached hydrogens (tertiary/aromatic N) is 1. The minimum atomic E-state index is -0.479. The van der Waals surface area contributed by atoms with Gasteiger partial charge >= 0.3 is 6.09 Å². The van der Waals surface area contributed by atoms with E-state index in [9.17, 15) is 4.79 Å². The Hall–Kier alpha value is -1.62. The molecule has 0 saturated carbocycles. The number of aromatic nitrogens is 1. The molecule has 1 rings (SSSR count). The van der Waals surface area contributed by atoms with Crippen LogP contribution in [0.1, 0.15) is 32.4 Å². The highest BCUT2D eigenvalue weighted by molar-refractivity contribution is 5.67. The molecule has 1 amide bonds. The van der Waals surface area contributed by atoms with Crippen molar-refractivity contribution in [3.8, 4) is 0 Å². The van der Waals surface area contributed by atoms with Crippen LogP contribution in [-0.2, 0) is 4.74 Å². The van der Waals surface area contributed by atoms with Crippen LogP contribution in [0.25, 0.3) is 0 Å². The fraction of sp³-hybridized carbons (Fsp3) is 0.538. The molecule has 0 aliphatic heterocycles. The van der Waals surface area contributed by atoms with Gasteiger partial charge in [0.2, 0.25) is 0 Å². The van der Waals surface area contributed by atoms with E-state index in [1.807, 2.05) is 40.0 Å². The second-order valence-electron chi connectivity index (χ2n) is 5.01. The average Bonchev–Trinajstić information content (AvgIpc) is 2.29. The summed E-state index contributed by atoms with van der Waals surface area (Å²) in [5.74, 6) is 0. The number of hydrogen-bond donors (Lipinski definition) is 2. The number of rotatable bonds is 4. The molecule has 5 nitrogen and oxygen atoms in total. The highest BCUT2D eigenvalue weighted by Crippen LogP contribution is 2.10. The van der Waals surface area contributed by atoms with E-state index in [0.29, 0.717) is 6.54 Å². The van der Waals surface area contributed by atoms with Crippen LogP contribution >= 0.6 is 0 Å². The predicted octanol–water partition coefficient (Wildman–Crippen LogP) is 1.87. The van der Waals surface area contributed by atoms with E-state index < -0.39 is 11.7 Å². The molecule has 18 heavy (non-hydrogen) atoms. The predicted molar refractivity (Wildman–Crippen MR) is 70.3 cm³/mol. The summed E-state index contributed by atoms with van der Waals surface area (Å²) in [7, 11) is 1.84. The third kappa shape index (κ3) is 5.14. The van der Waals surface area contributed by atoms with Crippen molar-refractivity contribution in [2.75, 3.05) is 13.6 Å². The maximum atomic E-state index is 11.5. The van der Waals surface area contributed by atoms with Gasteiger partial charge in [0, 0.05) is 18.9 Å². The second kappa shape index (κ2) is 6.35. The van der Waals surface area contributed by atoms with Gasteiger partial charge in [0.25, 0.3) is 0 Å². The van der Waals surface area contributed by atoms with Crippen LogP contribution < -0.4 is 10.6 Å². The quantitative estimate of drug-likeness (QED) is 0.857. The molecule has 1 unspecified atom stereocenters. The summed E-state index contributed by atoms with van der Waals surface area (Å²) < 4.78 is 5.18. The van der Waals surface area contributed by atoms with Crippen molar-refractivity contribution in [1.82, 2.24) is 15.6 Å². The Morgan fingerprint density at radius 1 is 1.50 bits per heavy atom. The number of ether oxygens (including phenoxy) is 1. The largest absolute Gasteiger partial charge is 0.444 e. The molecule has 1 heterocycles. The van der Waals surface area contributed by atoms with Crippen molar-refractivity contribution in [3.05, 3.63) is 30.1 Å². The number of pyridine rings is 1. The van der Waals surface area contributed by atoms with Gasteiger partial charge in [0.05, 0.1) is 6.04 Å². The van der Waals surface area contributed by atoms with Crippen molar-refractivity contribution >= 4 is 6.09 Å². The summed E-state index contributed by atoms with van der Waals surface area (Å²) in [4.78, 5) is 15.6. The Morgan fingerprint density at radius 2 is 2.22 bits per heavy atom. The number of alkyl carbamates (subject to hydrolysis) is 1. The molecule has 1 aromatic rings. The van der Waals surface area contributed by atoms with E-state index >= 15 is 0 Å². The zero-order chi connectivity index (χ0) is 13.6. The Morgan fingerprint density at radius 3 is 2.72 bits per heavy atom. The van der Waals surface area contributed by atoms with Gasteiger partial charge in [-0.05, 0) is 39.4 Å². The van der Waals surface area contributed by atoms with E-state index in [1.165, 1.54) is 0 Å². The summed E-state index contributed by atoms with van der Waals surface area (Å²) in [5, 5.41) is 5.86. The van der Waals surface area contributed by atoms with Crippen LogP contribution in [0.2, 0.25) is 0 Å². The van der Waals surface area contributed by atoms with Crippen LogP contribution in [0.3, 0.4) is 0 Å². The lowest BCUT2D eigenvalue weighted by Gasteiger charge is -2.22. The summed E-state index contributed by atoms with van der Waals surface area (Å²) in [5.41, 5.74) is 0.545. The SMILES string of the molecule is CNC(CNC(=O)OC(C)(C)C)c1cccnc1. The monoisotopic (exact) mass is 251 g/mol. The number of carbonyl (C=O) groups excluding carboxylic acids is 1. The summed E-state index contributed by atoms with van der Waals surface area (Å²) in [6, 6.07) is 3.85. The first-order valence-electron chi connectivity index (χ1n) is 5.96. The summed E-state index contributed by atoms with van der Waals surface area (Å²) >= 11 is 0. The number of carbonyl (C=O) groups is 1. The molecule has 100 valence electrons. The smallest absolute Gasteiger partial charge is 0.407 e. The first kappa shape index (κ1) is 14.4. The van der Waals surface area contributed by atoms with Gasteiger partial charge in [0.1, 0.15) is 5.60 Å². The molecular weight excluding hydrogens is 230 g/mol. The lowest BCUT2D eigenvalue weighted by molar-refractivity contribution is 0.0523. The van der Waals surface area contributed by atoms with Crippen molar-refractivity contribution < 1.29 is 9.53 Å². The Bertz CT molecular complexity index is 374. The fourth-order valence-electron chi connectivity index (χ4n) is 1.47. The van der Waals surface area contributed by atoms with E-state index in [1.54, 1.807) is 12.4 Å². The third-order valence-corrected chi connectivity index (χ3v) is 2.28. The van der Waals surface area contributed by atoms with Crippen molar-refractivity contribution in [1.29, 1.82) is 0 Å². The molecule has 0 aliphatic carbocycles. The Labute approximate surface area is 108 Å². The van der Waals surface area contributed by atoms with Crippen LogP contribution in [0.15, 0.2) is 24.5 Å². The Kier molecular flexibility index (Phi) is 5.09. The van der Waals surface area contributed by atoms with Gasteiger partial charge in [-0.1, -0.05) is 6.07 Å². The average molecular weight is 251 g/mol. The maximum absolute atomic E-state index is 11.5. The second-order valence-corrected chi connectivity index (χ2v) is 5.01. The van der Waals surface area contributed by atoms with Gasteiger partial charge in [-0.15, -0.1) is 0 Å². The van der Waals surface area contributed by atoms with Gasteiger partial charge < -0.3 is 15.4 Å². The standard InChI is InChI=1S/C13H21N3O2/c1-13(2,3)18-12(17)16-9-11(14-4)10-6-5-7-15-8-10/h5-8,11,14H,9H2,1-4H3,(H,16,17). The number of hydrogen-bond acceptors (Lipinski definition) is 4. The molecule has 0 aliphatic rings. The molecule has 2 N–H and O–H groups in total. The van der Waals surface area contributed by atoms with Crippen LogP contribution in [-0.4, -0.2) is 30.3 Å². The van der Waals surface area contributed by atoms with E-state index in [4.69, 9.17) is 4.74 Å². The summed E-state index contributed by atoms with van der Waals surface area (Å²) in [6.07, 6.45) is 3.08. The highest BCUT2D eigenvalue weighted by atomic mass is 16.6. The normalized spacial score (nSPS) is 12.9. The molecule has 1 aromatic heterocycles. The molecule has 1 atom stereocenters. The molecule has 0 aromatic carbocycles. The minimum Gasteiger partial charge on any atom is -0.444 e. The van der Waals surface area contributed by atoms with Gasteiger partial charge in [0.15, 0.2) is 0 Å². The first-order valence-corrected chi connectivity index (χ1v) is 5.96. The van der Waals surface area contributed by atoms with E-state index in [0.717, 1.165) is 5.56 Å². The Balaban J connectivity index is 2.48. The third-order valence-electron chi connectivity index (χ3n) is 2.28. The van der Waals surface area contributed by atoms with Crippen molar-refractivity contribution in [2.24, 2.45) is 0 Å². The molecule has 0 fully saturated rings. The van der Waals surface area contributed by atoms with Gasteiger partial charge in [-0.2, -0.15) is 0 Å². The summed E-state index contributed by atoms with van der Waals surface area (Å²) in [6.45, 7) is 5.97. The van der Waals surface area contributed by atoms with Crippen molar-refractivity contribution in [2.45, 2.75) is 32.4 Å². The minimum absolute atomic E-state index is 0.0196. The molecule has 0 bridgehead atoms. The molecular formula is C13H21N3O2. The van der Waals surface area contributed by atoms with Crippen LogP contribution in [0, 0.1) is 0 Å². The van der Waals surface area contributed by atoms with Crippen LogP contribution in [0.5, 0.6) is 0 Å². The molecule has 5 heteroatoms. The van der Waals surface area contributed by atoms with Crippen LogP contribution in [0.4, 0.5) is 4.79 Å². The number of amides is 1. The topological polar surface area (TPSA) is 63.2 Å². The van der Waals surface area contributed by atoms with Gasteiger partial charge in [-0.3, -0.25) is 4.98 Å². The van der Waals surface area contributed by atoms with E-state index in [2.05, 4.69) is 15.6 Å². The molecule has 0 spiro atoms. The number of nitrogens with one attached hydrogen (secondary N) is 2. The lowest BCUT2D eigenvalue weighted by Crippen LogP contribution is -2.37. The van der Waals surface area contributed by atoms with Gasteiger partial charge in [-0.25, -0.2) is 4.79 Å². The zero-order valence-electron chi connectivity index (χ0n) is 11.4. The van der Waals surface area contributed by atoms with E-state index in [-0.39, 0.29) is 6.04 Å². The molecule has 0 saturated heterocycles.